The molecule has 108 valence electrons. The number of carbonyl (C=O) groups is 3. The van der Waals surface area contributed by atoms with E-state index in [1.807, 2.05) is 0 Å². The van der Waals surface area contributed by atoms with Crippen LogP contribution in [-0.2, 0) is 19.1 Å². The molecule has 0 aromatic heterocycles. The molecule has 0 aliphatic carbocycles. The molecular formula is C12H11Cl2NO5. The standard InChI is InChI=1S/C12H11Cl2NO5/c1-6(16)20-11(12(18)19-2)15-10(17)7-3-4-8(13)9(14)5-7/h3-5,11H,1-2H3,(H,15,17). The fourth-order valence-corrected chi connectivity index (χ4v) is 1.55. The van der Waals surface area contributed by atoms with Gasteiger partial charge >= 0.3 is 11.9 Å². The maximum absolute atomic E-state index is 11.9. The normalized spacial score (nSPS) is 11.4. The number of hydrogen-bond acceptors (Lipinski definition) is 5. The Morgan fingerprint density at radius 1 is 1.20 bits per heavy atom. The van der Waals surface area contributed by atoms with E-state index in [9.17, 15) is 14.4 Å². The molecule has 0 fully saturated rings. The molecule has 1 amide bonds. The van der Waals surface area contributed by atoms with Gasteiger partial charge in [-0.05, 0) is 18.2 Å². The van der Waals surface area contributed by atoms with E-state index in [0.717, 1.165) is 14.0 Å². The Morgan fingerprint density at radius 2 is 1.85 bits per heavy atom. The predicted octanol–water partition coefficient (Wildman–Crippen LogP) is 1.79. The quantitative estimate of drug-likeness (QED) is 0.675. The highest BCUT2D eigenvalue weighted by molar-refractivity contribution is 6.42. The number of amides is 1. The van der Waals surface area contributed by atoms with Crippen LogP contribution in [0.15, 0.2) is 18.2 Å². The highest BCUT2D eigenvalue weighted by Crippen LogP contribution is 2.22. The lowest BCUT2D eigenvalue weighted by atomic mass is 10.2. The van der Waals surface area contributed by atoms with Crippen molar-refractivity contribution in [2.24, 2.45) is 0 Å². The summed E-state index contributed by atoms with van der Waals surface area (Å²) in [5, 5.41) is 2.67. The molecular weight excluding hydrogens is 309 g/mol. The highest BCUT2D eigenvalue weighted by atomic mass is 35.5. The molecule has 1 aromatic carbocycles. The van der Waals surface area contributed by atoms with E-state index in [0.29, 0.717) is 0 Å². The first-order valence-corrected chi connectivity index (χ1v) is 6.11. The van der Waals surface area contributed by atoms with Crippen molar-refractivity contribution in [1.82, 2.24) is 5.32 Å². The second-order valence-corrected chi connectivity index (χ2v) is 4.43. The smallest absolute Gasteiger partial charge is 0.368 e. The van der Waals surface area contributed by atoms with Crippen molar-refractivity contribution in [3.8, 4) is 0 Å². The number of methoxy groups -OCH3 is 1. The Bertz CT molecular complexity index is 547. The summed E-state index contributed by atoms with van der Waals surface area (Å²) < 4.78 is 9.06. The zero-order valence-corrected chi connectivity index (χ0v) is 12.1. The van der Waals surface area contributed by atoms with E-state index >= 15 is 0 Å². The van der Waals surface area contributed by atoms with E-state index in [-0.39, 0.29) is 15.6 Å². The average molecular weight is 320 g/mol. The number of hydrogen-bond donors (Lipinski definition) is 1. The van der Waals surface area contributed by atoms with Crippen LogP contribution in [-0.4, -0.2) is 31.2 Å². The van der Waals surface area contributed by atoms with Gasteiger partial charge in [0.05, 0.1) is 17.2 Å². The Kier molecular flexibility index (Phi) is 5.79. The van der Waals surface area contributed by atoms with Crippen LogP contribution in [0.1, 0.15) is 17.3 Å². The molecule has 1 N–H and O–H groups in total. The van der Waals surface area contributed by atoms with Gasteiger partial charge in [-0.3, -0.25) is 9.59 Å². The van der Waals surface area contributed by atoms with Crippen molar-refractivity contribution in [3.63, 3.8) is 0 Å². The number of esters is 2. The predicted molar refractivity (Wildman–Crippen MR) is 71.5 cm³/mol. The molecule has 1 unspecified atom stereocenters. The molecule has 0 heterocycles. The molecule has 0 aliphatic heterocycles. The lowest BCUT2D eigenvalue weighted by molar-refractivity contribution is -0.166. The lowest BCUT2D eigenvalue weighted by Crippen LogP contribution is -2.44. The van der Waals surface area contributed by atoms with Crippen molar-refractivity contribution in [3.05, 3.63) is 33.8 Å². The van der Waals surface area contributed by atoms with Gasteiger partial charge in [-0.25, -0.2) is 4.79 Å². The highest BCUT2D eigenvalue weighted by Gasteiger charge is 2.25. The Balaban J connectivity index is 2.86. The van der Waals surface area contributed by atoms with E-state index in [1.165, 1.54) is 18.2 Å². The van der Waals surface area contributed by atoms with Gasteiger partial charge < -0.3 is 14.8 Å². The number of rotatable bonds is 4. The van der Waals surface area contributed by atoms with E-state index in [1.54, 1.807) is 0 Å². The van der Waals surface area contributed by atoms with Gasteiger partial charge in [-0.1, -0.05) is 23.2 Å². The summed E-state index contributed by atoms with van der Waals surface area (Å²) in [5.41, 5.74) is 0.153. The first-order valence-electron chi connectivity index (χ1n) is 5.36. The lowest BCUT2D eigenvalue weighted by Gasteiger charge is -2.16. The van der Waals surface area contributed by atoms with Crippen molar-refractivity contribution >= 4 is 41.0 Å². The summed E-state index contributed by atoms with van der Waals surface area (Å²) in [6.07, 6.45) is -1.53. The number of benzene rings is 1. The van der Waals surface area contributed by atoms with Gasteiger partial charge in [0.2, 0.25) is 0 Å². The molecule has 1 aromatic rings. The molecule has 6 nitrogen and oxygen atoms in total. The van der Waals surface area contributed by atoms with Crippen molar-refractivity contribution in [2.75, 3.05) is 7.11 Å². The van der Waals surface area contributed by atoms with Gasteiger partial charge in [-0.2, -0.15) is 0 Å². The van der Waals surface area contributed by atoms with E-state index in [2.05, 4.69) is 14.8 Å². The molecule has 0 aliphatic rings. The van der Waals surface area contributed by atoms with Gasteiger partial charge in [-0.15, -0.1) is 0 Å². The van der Waals surface area contributed by atoms with Crippen LogP contribution in [0.3, 0.4) is 0 Å². The maximum atomic E-state index is 11.9. The molecule has 0 spiro atoms. The SMILES string of the molecule is COC(=O)C(NC(=O)c1ccc(Cl)c(Cl)c1)OC(C)=O. The molecule has 0 radical (unpaired) electrons. The molecule has 20 heavy (non-hydrogen) atoms. The average Bonchev–Trinajstić information content (AvgIpc) is 2.39. The third kappa shape index (κ3) is 4.40. The van der Waals surface area contributed by atoms with Gasteiger partial charge in [0.1, 0.15) is 0 Å². The summed E-state index contributed by atoms with van der Waals surface area (Å²) in [6, 6.07) is 4.16. The summed E-state index contributed by atoms with van der Waals surface area (Å²) >= 11 is 11.5. The topological polar surface area (TPSA) is 81.7 Å². The molecule has 1 atom stereocenters. The van der Waals surface area contributed by atoms with Crippen LogP contribution in [0.2, 0.25) is 10.0 Å². The number of carbonyl (C=O) groups excluding carboxylic acids is 3. The first kappa shape index (κ1) is 16.3. The molecule has 0 bridgehead atoms. The fraction of sp³-hybridized carbons (Fsp3) is 0.250. The van der Waals surface area contributed by atoms with Crippen molar-refractivity contribution < 1.29 is 23.9 Å². The summed E-state index contributed by atoms with van der Waals surface area (Å²) in [7, 11) is 1.10. The van der Waals surface area contributed by atoms with Crippen molar-refractivity contribution in [2.45, 2.75) is 13.2 Å². The molecule has 8 heteroatoms. The number of ether oxygens (including phenoxy) is 2. The minimum atomic E-state index is -1.53. The van der Waals surface area contributed by atoms with Crippen LogP contribution in [0.25, 0.3) is 0 Å². The third-order valence-electron chi connectivity index (χ3n) is 2.14. The zero-order valence-electron chi connectivity index (χ0n) is 10.6. The van der Waals surface area contributed by atoms with Crippen LogP contribution >= 0.6 is 23.2 Å². The largest absolute Gasteiger partial charge is 0.465 e. The molecule has 1 rings (SSSR count). The number of nitrogens with one attached hydrogen (secondary N) is 1. The van der Waals surface area contributed by atoms with Gasteiger partial charge in [0.25, 0.3) is 12.1 Å². The Hall–Kier alpha value is -1.79. The Labute approximate surface area is 124 Å². The van der Waals surface area contributed by atoms with Gasteiger partial charge in [0, 0.05) is 12.5 Å². The third-order valence-corrected chi connectivity index (χ3v) is 2.88. The number of halogens is 2. The van der Waals surface area contributed by atoms with Crippen molar-refractivity contribution in [1.29, 1.82) is 0 Å². The van der Waals surface area contributed by atoms with Crippen LogP contribution < -0.4 is 5.32 Å². The van der Waals surface area contributed by atoms with Crippen LogP contribution in [0.5, 0.6) is 0 Å². The Morgan fingerprint density at radius 3 is 2.35 bits per heavy atom. The minimum absolute atomic E-state index is 0.153. The molecule has 0 saturated carbocycles. The maximum Gasteiger partial charge on any atom is 0.368 e. The second kappa shape index (κ2) is 7.12. The molecule has 0 saturated heterocycles. The van der Waals surface area contributed by atoms with E-state index in [4.69, 9.17) is 23.2 Å². The second-order valence-electron chi connectivity index (χ2n) is 3.61. The summed E-state index contributed by atoms with van der Waals surface area (Å²) in [6.45, 7) is 1.10. The van der Waals surface area contributed by atoms with E-state index < -0.39 is 24.1 Å². The van der Waals surface area contributed by atoms with Crippen LogP contribution in [0.4, 0.5) is 0 Å². The van der Waals surface area contributed by atoms with Gasteiger partial charge in [0.15, 0.2) is 0 Å². The fourth-order valence-electron chi connectivity index (χ4n) is 1.25. The van der Waals surface area contributed by atoms with Crippen LogP contribution in [0, 0.1) is 0 Å². The monoisotopic (exact) mass is 319 g/mol. The summed E-state index contributed by atoms with van der Waals surface area (Å²) in [4.78, 5) is 34.2. The summed E-state index contributed by atoms with van der Waals surface area (Å²) in [5.74, 6) is -2.32. The zero-order chi connectivity index (χ0) is 15.3. The minimum Gasteiger partial charge on any atom is -0.465 e. The first-order chi connectivity index (χ1) is 9.35.